The number of hydrogen-bond donors (Lipinski definition) is 1. The Kier molecular flexibility index (Phi) is 4.60. The van der Waals surface area contributed by atoms with Crippen LogP contribution in [0.3, 0.4) is 0 Å². The number of benzene rings is 1. The van der Waals surface area contributed by atoms with Crippen LogP contribution in [0.2, 0.25) is 0 Å². The normalized spacial score (nSPS) is 10.4. The van der Waals surface area contributed by atoms with Gasteiger partial charge in [0, 0.05) is 11.8 Å². The molecule has 0 radical (unpaired) electrons. The van der Waals surface area contributed by atoms with E-state index in [1.165, 1.54) is 6.07 Å². The first-order chi connectivity index (χ1) is 10.4. The molecule has 1 aromatic heterocycles. The standard InChI is InChI=1S/C16H18N2O4/c1-9-5-10(2)15(11(3)6-9)17-14(19)8-21-16(20)13-7-12(4)18-22-13/h5-7H,8H2,1-4H3,(H,17,19). The molecule has 1 amide bonds. The van der Waals surface area contributed by atoms with Crippen molar-refractivity contribution >= 4 is 17.6 Å². The second-order valence-electron chi connectivity index (χ2n) is 5.23. The Balaban J connectivity index is 1.95. The lowest BCUT2D eigenvalue weighted by atomic mass is 10.1. The Hall–Kier alpha value is -2.63. The predicted octanol–water partition coefficient (Wildman–Crippen LogP) is 2.70. The lowest BCUT2D eigenvalue weighted by molar-refractivity contribution is -0.119. The highest BCUT2D eigenvalue weighted by atomic mass is 16.6. The molecule has 0 spiro atoms. The average molecular weight is 302 g/mol. The average Bonchev–Trinajstić information content (AvgIpc) is 2.87. The largest absolute Gasteiger partial charge is 0.450 e. The molecule has 1 aromatic carbocycles. The molecule has 1 heterocycles. The van der Waals surface area contributed by atoms with E-state index in [2.05, 4.69) is 10.5 Å². The summed E-state index contributed by atoms with van der Waals surface area (Å²) < 4.78 is 9.67. The second-order valence-corrected chi connectivity index (χ2v) is 5.23. The first-order valence-electron chi connectivity index (χ1n) is 6.85. The highest BCUT2D eigenvalue weighted by Gasteiger charge is 2.16. The molecule has 6 nitrogen and oxygen atoms in total. The molecular weight excluding hydrogens is 284 g/mol. The Morgan fingerprint density at radius 2 is 1.77 bits per heavy atom. The molecule has 22 heavy (non-hydrogen) atoms. The third kappa shape index (κ3) is 3.72. The van der Waals surface area contributed by atoms with Crippen molar-refractivity contribution in [1.29, 1.82) is 0 Å². The highest BCUT2D eigenvalue weighted by molar-refractivity contribution is 5.95. The molecule has 0 aliphatic carbocycles. The van der Waals surface area contributed by atoms with Crippen LogP contribution in [-0.4, -0.2) is 23.6 Å². The van der Waals surface area contributed by atoms with Crippen molar-refractivity contribution < 1.29 is 18.8 Å². The summed E-state index contributed by atoms with van der Waals surface area (Å²) >= 11 is 0. The van der Waals surface area contributed by atoms with Crippen molar-refractivity contribution in [1.82, 2.24) is 5.16 Å². The van der Waals surface area contributed by atoms with Gasteiger partial charge < -0.3 is 14.6 Å². The maximum absolute atomic E-state index is 11.9. The van der Waals surface area contributed by atoms with Crippen LogP contribution < -0.4 is 5.32 Å². The van der Waals surface area contributed by atoms with Crippen LogP contribution in [0.4, 0.5) is 5.69 Å². The predicted molar refractivity (Wildman–Crippen MR) is 80.8 cm³/mol. The minimum Gasteiger partial charge on any atom is -0.450 e. The minimum absolute atomic E-state index is 0.0204. The van der Waals surface area contributed by atoms with Gasteiger partial charge in [-0.25, -0.2) is 4.79 Å². The van der Waals surface area contributed by atoms with Crippen LogP contribution >= 0.6 is 0 Å². The summed E-state index contributed by atoms with van der Waals surface area (Å²) in [5.41, 5.74) is 4.36. The number of aryl methyl sites for hydroxylation is 4. The summed E-state index contributed by atoms with van der Waals surface area (Å²) in [7, 11) is 0. The molecule has 1 N–H and O–H groups in total. The zero-order valence-electron chi connectivity index (χ0n) is 13.0. The molecule has 2 aromatic rings. The summed E-state index contributed by atoms with van der Waals surface area (Å²) in [6.07, 6.45) is 0. The molecule has 0 saturated carbocycles. The molecular formula is C16H18N2O4. The SMILES string of the molecule is Cc1cc(C)c(NC(=O)COC(=O)c2cc(C)no2)c(C)c1. The number of carbonyl (C=O) groups is 2. The van der Waals surface area contributed by atoms with E-state index in [-0.39, 0.29) is 12.4 Å². The fraction of sp³-hybridized carbons (Fsp3) is 0.312. The van der Waals surface area contributed by atoms with E-state index >= 15 is 0 Å². The molecule has 0 atom stereocenters. The lowest BCUT2D eigenvalue weighted by Gasteiger charge is -2.12. The van der Waals surface area contributed by atoms with Crippen molar-refractivity contribution in [2.75, 3.05) is 11.9 Å². The van der Waals surface area contributed by atoms with Crippen molar-refractivity contribution in [3.8, 4) is 0 Å². The summed E-state index contributed by atoms with van der Waals surface area (Å²) in [4.78, 5) is 23.6. The van der Waals surface area contributed by atoms with E-state index in [0.29, 0.717) is 5.69 Å². The van der Waals surface area contributed by atoms with Crippen molar-refractivity contribution in [2.24, 2.45) is 0 Å². The zero-order valence-corrected chi connectivity index (χ0v) is 13.0. The fourth-order valence-corrected chi connectivity index (χ4v) is 2.21. The molecule has 0 bridgehead atoms. The Morgan fingerprint density at radius 3 is 2.32 bits per heavy atom. The number of nitrogens with one attached hydrogen (secondary N) is 1. The smallest absolute Gasteiger partial charge is 0.377 e. The van der Waals surface area contributed by atoms with Crippen LogP contribution in [0.5, 0.6) is 0 Å². The Labute approximate surface area is 128 Å². The molecule has 0 fully saturated rings. The van der Waals surface area contributed by atoms with E-state index in [0.717, 1.165) is 22.4 Å². The highest BCUT2D eigenvalue weighted by Crippen LogP contribution is 2.21. The molecule has 2 rings (SSSR count). The molecule has 6 heteroatoms. The van der Waals surface area contributed by atoms with Gasteiger partial charge >= 0.3 is 5.97 Å². The van der Waals surface area contributed by atoms with E-state index in [9.17, 15) is 9.59 Å². The van der Waals surface area contributed by atoms with Crippen LogP contribution in [0.15, 0.2) is 22.7 Å². The molecule has 0 aliphatic rings. The van der Waals surface area contributed by atoms with Crippen LogP contribution in [0, 0.1) is 27.7 Å². The quantitative estimate of drug-likeness (QED) is 0.878. The first kappa shape index (κ1) is 15.8. The molecule has 116 valence electrons. The van der Waals surface area contributed by atoms with Crippen molar-refractivity contribution in [3.63, 3.8) is 0 Å². The van der Waals surface area contributed by atoms with Gasteiger partial charge in [-0.05, 0) is 38.8 Å². The topological polar surface area (TPSA) is 81.4 Å². The second kappa shape index (κ2) is 6.43. The maximum atomic E-state index is 11.9. The number of ether oxygens (including phenoxy) is 1. The van der Waals surface area contributed by atoms with Gasteiger partial charge in [0.1, 0.15) is 0 Å². The van der Waals surface area contributed by atoms with Gasteiger partial charge in [0.2, 0.25) is 5.76 Å². The van der Waals surface area contributed by atoms with Gasteiger partial charge in [0.15, 0.2) is 6.61 Å². The number of anilines is 1. The third-order valence-corrected chi connectivity index (χ3v) is 3.10. The van der Waals surface area contributed by atoms with Crippen LogP contribution in [0.25, 0.3) is 0 Å². The van der Waals surface area contributed by atoms with Crippen LogP contribution in [0.1, 0.15) is 32.9 Å². The molecule has 0 unspecified atom stereocenters. The van der Waals surface area contributed by atoms with Crippen molar-refractivity contribution in [3.05, 3.63) is 46.3 Å². The number of nitrogens with zero attached hydrogens (tertiary/aromatic N) is 1. The number of carbonyl (C=O) groups excluding carboxylic acids is 2. The van der Waals surface area contributed by atoms with Gasteiger partial charge in [-0.15, -0.1) is 0 Å². The summed E-state index contributed by atoms with van der Waals surface area (Å²) in [5.74, 6) is -1.14. The fourth-order valence-electron chi connectivity index (χ4n) is 2.21. The number of rotatable bonds is 4. The van der Waals surface area contributed by atoms with Gasteiger partial charge in [-0.3, -0.25) is 4.79 Å². The van der Waals surface area contributed by atoms with Gasteiger partial charge in [-0.2, -0.15) is 0 Å². The monoisotopic (exact) mass is 302 g/mol. The van der Waals surface area contributed by atoms with Gasteiger partial charge in [-0.1, -0.05) is 22.9 Å². The zero-order chi connectivity index (χ0) is 16.3. The Morgan fingerprint density at radius 1 is 1.14 bits per heavy atom. The first-order valence-corrected chi connectivity index (χ1v) is 6.85. The molecule has 0 aliphatic heterocycles. The van der Waals surface area contributed by atoms with Gasteiger partial charge in [0.05, 0.1) is 5.69 Å². The van der Waals surface area contributed by atoms with E-state index < -0.39 is 11.9 Å². The number of amides is 1. The van der Waals surface area contributed by atoms with Gasteiger partial charge in [0.25, 0.3) is 5.91 Å². The van der Waals surface area contributed by atoms with E-state index in [1.807, 2.05) is 32.9 Å². The summed E-state index contributed by atoms with van der Waals surface area (Å²) in [5, 5.41) is 6.34. The summed E-state index contributed by atoms with van der Waals surface area (Å²) in [6.45, 7) is 7.13. The maximum Gasteiger partial charge on any atom is 0.377 e. The number of aromatic nitrogens is 1. The summed E-state index contributed by atoms with van der Waals surface area (Å²) in [6, 6.07) is 5.41. The number of hydrogen-bond acceptors (Lipinski definition) is 5. The minimum atomic E-state index is -0.715. The molecule has 0 saturated heterocycles. The van der Waals surface area contributed by atoms with Crippen molar-refractivity contribution in [2.45, 2.75) is 27.7 Å². The van der Waals surface area contributed by atoms with Crippen LogP contribution in [-0.2, 0) is 9.53 Å². The third-order valence-electron chi connectivity index (χ3n) is 3.10. The Bertz CT molecular complexity index is 696. The van der Waals surface area contributed by atoms with E-state index in [1.54, 1.807) is 6.92 Å². The lowest BCUT2D eigenvalue weighted by Crippen LogP contribution is -2.21. The number of esters is 1. The van der Waals surface area contributed by atoms with E-state index in [4.69, 9.17) is 9.26 Å².